The highest BCUT2D eigenvalue weighted by atomic mass is 35.5. The van der Waals surface area contributed by atoms with E-state index in [1.807, 2.05) is 36.9 Å². The summed E-state index contributed by atoms with van der Waals surface area (Å²) < 4.78 is 4.97. The molecule has 1 fully saturated rings. The number of rotatable bonds is 3. The molecule has 0 N–H and O–H groups in total. The molecule has 1 heterocycles. The number of ether oxygens (including phenoxy) is 1. The number of hydrogen-bond donors (Lipinski definition) is 0. The minimum absolute atomic E-state index is 0.128. The van der Waals surface area contributed by atoms with Crippen LogP contribution in [0.25, 0.3) is 0 Å². The van der Waals surface area contributed by atoms with E-state index in [4.69, 9.17) is 16.3 Å². The Labute approximate surface area is 100.0 Å². The minimum atomic E-state index is -0.151. The first-order valence-electron chi connectivity index (χ1n) is 5.33. The topological polar surface area (TPSA) is 29.3 Å². The van der Waals surface area contributed by atoms with E-state index in [0.717, 1.165) is 22.8 Å². The second-order valence-corrected chi connectivity index (χ2v) is 4.21. The molecule has 3 nitrogen and oxygen atoms in total. The van der Waals surface area contributed by atoms with E-state index in [1.165, 1.54) is 0 Å². The van der Waals surface area contributed by atoms with Gasteiger partial charge in [0.15, 0.2) is 0 Å². The summed E-state index contributed by atoms with van der Waals surface area (Å²) in [5.41, 5.74) is 2.03. The fourth-order valence-corrected chi connectivity index (χ4v) is 1.92. The maximum Gasteiger partial charge on any atom is 0.330 e. The number of carbonyl (C=O) groups excluding carboxylic acids is 1. The lowest BCUT2D eigenvalue weighted by Crippen LogP contribution is -2.16. The van der Waals surface area contributed by atoms with Gasteiger partial charge >= 0.3 is 5.97 Å². The van der Waals surface area contributed by atoms with Crippen LogP contribution in [0, 0.1) is 6.92 Å². The van der Waals surface area contributed by atoms with Crippen molar-refractivity contribution in [2.45, 2.75) is 19.9 Å². The highest BCUT2D eigenvalue weighted by molar-refractivity contribution is 6.31. The van der Waals surface area contributed by atoms with Gasteiger partial charge in [-0.25, -0.2) is 4.79 Å². The molecule has 86 valence electrons. The van der Waals surface area contributed by atoms with Crippen molar-refractivity contribution in [2.75, 3.05) is 18.1 Å². The van der Waals surface area contributed by atoms with E-state index in [9.17, 15) is 4.79 Å². The average molecular weight is 240 g/mol. The third-order valence-corrected chi connectivity index (χ3v) is 3.13. The standard InChI is InChI=1S/C12H14ClNO2/c1-3-16-12(15)11-7-14(11)10-6-4-5-9(13)8(10)2/h4-6,11H,3,7H2,1-2H3. The molecule has 0 aliphatic carbocycles. The van der Waals surface area contributed by atoms with Gasteiger partial charge in [-0.2, -0.15) is 0 Å². The third kappa shape index (κ3) is 2.00. The number of anilines is 1. The fourth-order valence-electron chi connectivity index (χ4n) is 1.75. The quantitative estimate of drug-likeness (QED) is 0.599. The van der Waals surface area contributed by atoms with Gasteiger partial charge < -0.3 is 9.64 Å². The molecule has 1 aliphatic rings. The molecule has 1 saturated heterocycles. The van der Waals surface area contributed by atoms with Gasteiger partial charge in [0, 0.05) is 10.7 Å². The Morgan fingerprint density at radius 3 is 3.06 bits per heavy atom. The van der Waals surface area contributed by atoms with Crippen LogP contribution in [0.1, 0.15) is 12.5 Å². The molecule has 1 unspecified atom stereocenters. The van der Waals surface area contributed by atoms with Gasteiger partial charge in [0.2, 0.25) is 0 Å². The van der Waals surface area contributed by atoms with Crippen molar-refractivity contribution in [3.05, 3.63) is 28.8 Å². The van der Waals surface area contributed by atoms with Gasteiger partial charge in [0.25, 0.3) is 0 Å². The molecular weight excluding hydrogens is 226 g/mol. The molecule has 2 rings (SSSR count). The lowest BCUT2D eigenvalue weighted by atomic mass is 10.2. The summed E-state index contributed by atoms with van der Waals surface area (Å²) >= 11 is 6.03. The van der Waals surface area contributed by atoms with Crippen LogP contribution in [0.2, 0.25) is 5.02 Å². The molecule has 0 saturated carbocycles. The Balaban J connectivity index is 2.11. The number of benzene rings is 1. The first-order valence-corrected chi connectivity index (χ1v) is 5.71. The van der Waals surface area contributed by atoms with Gasteiger partial charge in [-0.15, -0.1) is 0 Å². The summed E-state index contributed by atoms with van der Waals surface area (Å²) in [4.78, 5) is 13.5. The Morgan fingerprint density at radius 1 is 1.62 bits per heavy atom. The zero-order chi connectivity index (χ0) is 11.7. The maximum atomic E-state index is 11.5. The van der Waals surface area contributed by atoms with E-state index in [-0.39, 0.29) is 12.0 Å². The largest absolute Gasteiger partial charge is 0.464 e. The predicted octanol–water partition coefficient (Wildman–Crippen LogP) is 2.40. The number of halogens is 1. The van der Waals surface area contributed by atoms with Gasteiger partial charge in [-0.1, -0.05) is 17.7 Å². The van der Waals surface area contributed by atoms with Crippen molar-refractivity contribution >= 4 is 23.3 Å². The third-order valence-electron chi connectivity index (χ3n) is 2.72. The van der Waals surface area contributed by atoms with Crippen LogP contribution in [-0.4, -0.2) is 25.2 Å². The molecule has 4 heteroatoms. The molecule has 0 spiro atoms. The van der Waals surface area contributed by atoms with Crippen LogP contribution < -0.4 is 4.90 Å². The zero-order valence-corrected chi connectivity index (χ0v) is 10.1. The molecule has 0 radical (unpaired) electrons. The zero-order valence-electron chi connectivity index (χ0n) is 9.37. The molecule has 1 aliphatic heterocycles. The molecular formula is C12H14ClNO2. The van der Waals surface area contributed by atoms with Gasteiger partial charge in [-0.3, -0.25) is 0 Å². The summed E-state index contributed by atoms with van der Waals surface area (Å²) in [6.45, 7) is 4.92. The lowest BCUT2D eigenvalue weighted by Gasteiger charge is -2.09. The number of carbonyl (C=O) groups is 1. The Hall–Kier alpha value is -1.22. The summed E-state index contributed by atoms with van der Waals surface area (Å²) in [5.74, 6) is -0.151. The van der Waals surface area contributed by atoms with Crippen LogP contribution >= 0.6 is 11.6 Å². The van der Waals surface area contributed by atoms with Gasteiger partial charge in [0.1, 0.15) is 6.04 Å². The molecule has 1 aromatic rings. The van der Waals surface area contributed by atoms with Crippen LogP contribution in [-0.2, 0) is 9.53 Å². The average Bonchev–Trinajstić information content (AvgIpc) is 3.02. The van der Waals surface area contributed by atoms with Crippen molar-refractivity contribution in [3.63, 3.8) is 0 Å². The van der Waals surface area contributed by atoms with Crippen LogP contribution in [0.3, 0.4) is 0 Å². The number of nitrogens with zero attached hydrogens (tertiary/aromatic N) is 1. The maximum absolute atomic E-state index is 11.5. The Morgan fingerprint density at radius 2 is 2.38 bits per heavy atom. The van der Waals surface area contributed by atoms with Crippen LogP contribution in [0.15, 0.2) is 18.2 Å². The second kappa shape index (κ2) is 4.34. The van der Waals surface area contributed by atoms with E-state index < -0.39 is 0 Å². The first-order chi connectivity index (χ1) is 7.65. The first kappa shape index (κ1) is 11.3. The SMILES string of the molecule is CCOC(=O)C1CN1c1cccc(Cl)c1C. The van der Waals surface area contributed by atoms with E-state index in [2.05, 4.69) is 0 Å². The monoisotopic (exact) mass is 239 g/mol. The van der Waals surface area contributed by atoms with Crippen molar-refractivity contribution in [3.8, 4) is 0 Å². The van der Waals surface area contributed by atoms with Crippen molar-refractivity contribution < 1.29 is 9.53 Å². The molecule has 16 heavy (non-hydrogen) atoms. The molecule has 0 bridgehead atoms. The summed E-state index contributed by atoms with van der Waals surface area (Å²) in [5, 5.41) is 0.729. The van der Waals surface area contributed by atoms with E-state index in [1.54, 1.807) is 0 Å². The summed E-state index contributed by atoms with van der Waals surface area (Å²) in [7, 11) is 0. The fraction of sp³-hybridized carbons (Fsp3) is 0.417. The van der Waals surface area contributed by atoms with Crippen molar-refractivity contribution in [2.24, 2.45) is 0 Å². The highest BCUT2D eigenvalue weighted by Crippen LogP contribution is 2.34. The molecule has 1 aromatic carbocycles. The molecule has 1 atom stereocenters. The number of hydrogen-bond acceptors (Lipinski definition) is 3. The summed E-state index contributed by atoms with van der Waals surface area (Å²) in [6, 6.07) is 5.59. The van der Waals surface area contributed by atoms with Crippen LogP contribution in [0.4, 0.5) is 5.69 Å². The molecule has 0 amide bonds. The van der Waals surface area contributed by atoms with Crippen molar-refractivity contribution in [1.82, 2.24) is 0 Å². The number of esters is 1. The summed E-state index contributed by atoms with van der Waals surface area (Å²) in [6.07, 6.45) is 0. The smallest absolute Gasteiger partial charge is 0.330 e. The van der Waals surface area contributed by atoms with Crippen molar-refractivity contribution in [1.29, 1.82) is 0 Å². The lowest BCUT2D eigenvalue weighted by molar-refractivity contribution is -0.142. The van der Waals surface area contributed by atoms with Gasteiger partial charge in [0.05, 0.1) is 13.2 Å². The second-order valence-electron chi connectivity index (χ2n) is 3.80. The Bertz CT molecular complexity index is 419. The molecule has 0 aromatic heterocycles. The predicted molar refractivity (Wildman–Crippen MR) is 64.0 cm³/mol. The normalized spacial score (nSPS) is 18.4. The minimum Gasteiger partial charge on any atom is -0.464 e. The highest BCUT2D eigenvalue weighted by Gasteiger charge is 2.42. The van der Waals surface area contributed by atoms with Gasteiger partial charge in [-0.05, 0) is 31.5 Å². The van der Waals surface area contributed by atoms with Crippen LogP contribution in [0.5, 0.6) is 0 Å². The Kier molecular flexibility index (Phi) is 3.06. The van der Waals surface area contributed by atoms with E-state index in [0.29, 0.717) is 6.61 Å². The van der Waals surface area contributed by atoms with E-state index >= 15 is 0 Å².